The van der Waals surface area contributed by atoms with E-state index in [0.717, 1.165) is 28.3 Å². The molecule has 0 bridgehead atoms. The molecule has 3 aliphatic rings. The van der Waals surface area contributed by atoms with Crippen molar-refractivity contribution in [1.29, 1.82) is 0 Å². The zero-order valence-electron chi connectivity index (χ0n) is 13.8. The van der Waals surface area contributed by atoms with Gasteiger partial charge in [-0.2, -0.15) is 0 Å². The highest BCUT2D eigenvalue weighted by Gasteiger charge is 2.46. The van der Waals surface area contributed by atoms with E-state index in [1.165, 1.54) is 38.5 Å². The summed E-state index contributed by atoms with van der Waals surface area (Å²) in [5.41, 5.74) is 4.12. The van der Waals surface area contributed by atoms with E-state index in [1.807, 2.05) is 24.7 Å². The highest BCUT2D eigenvalue weighted by Crippen LogP contribution is 2.58. The molecule has 2 saturated carbocycles. The van der Waals surface area contributed by atoms with Crippen LogP contribution in [0.3, 0.4) is 0 Å². The zero-order valence-corrected chi connectivity index (χ0v) is 14.5. The monoisotopic (exact) mass is 342 g/mol. The van der Waals surface area contributed by atoms with Crippen LogP contribution in [0.4, 0.5) is 0 Å². The number of fused-ring (bicyclic) bond motifs is 3. The maximum absolute atomic E-state index is 10.9. The summed E-state index contributed by atoms with van der Waals surface area (Å²) >= 11 is 6.51. The third-order valence-corrected chi connectivity index (χ3v) is 7.05. The molecule has 2 fully saturated rings. The molecule has 0 amide bonds. The Morgan fingerprint density at radius 1 is 1.25 bits per heavy atom. The zero-order chi connectivity index (χ0) is 16.3. The molecule has 2 aliphatic carbocycles. The van der Waals surface area contributed by atoms with Crippen molar-refractivity contribution in [2.75, 3.05) is 0 Å². The van der Waals surface area contributed by atoms with Gasteiger partial charge in [0, 0.05) is 16.1 Å². The number of nitrogens with zero attached hydrogens (tertiary/aromatic N) is 2. The maximum atomic E-state index is 10.9. The summed E-state index contributed by atoms with van der Waals surface area (Å²) in [5.74, 6) is 0.440. The summed E-state index contributed by atoms with van der Waals surface area (Å²) in [4.78, 5) is 4.31. The topological polar surface area (TPSA) is 38.1 Å². The van der Waals surface area contributed by atoms with Crippen molar-refractivity contribution in [3.63, 3.8) is 0 Å². The van der Waals surface area contributed by atoms with Crippen LogP contribution in [-0.4, -0.2) is 20.8 Å². The van der Waals surface area contributed by atoms with Crippen molar-refractivity contribution in [3.8, 4) is 11.3 Å². The van der Waals surface area contributed by atoms with Gasteiger partial charge in [-0.25, -0.2) is 4.98 Å². The van der Waals surface area contributed by atoms with Crippen molar-refractivity contribution in [1.82, 2.24) is 9.55 Å². The number of imidazole rings is 1. The SMILES string of the molecule is OC(CC1c2c(Cl)cccc2-c2cncn21)C1CCC2(CC1)CC2. The maximum Gasteiger partial charge on any atom is 0.0956 e. The summed E-state index contributed by atoms with van der Waals surface area (Å²) in [6, 6.07) is 6.17. The van der Waals surface area contributed by atoms with Crippen LogP contribution in [0.15, 0.2) is 30.7 Å². The van der Waals surface area contributed by atoms with Gasteiger partial charge < -0.3 is 9.67 Å². The smallest absolute Gasteiger partial charge is 0.0956 e. The lowest BCUT2D eigenvalue weighted by Gasteiger charge is -2.33. The number of hydrogen-bond donors (Lipinski definition) is 1. The summed E-state index contributed by atoms with van der Waals surface area (Å²) in [6.45, 7) is 0. The number of hydrogen-bond acceptors (Lipinski definition) is 2. The number of aliphatic hydroxyl groups excluding tert-OH is 1. The van der Waals surface area contributed by atoms with Crippen LogP contribution in [0.25, 0.3) is 11.3 Å². The molecule has 1 spiro atoms. The fourth-order valence-electron chi connectivity index (χ4n) is 4.97. The van der Waals surface area contributed by atoms with Crippen LogP contribution in [-0.2, 0) is 0 Å². The van der Waals surface area contributed by atoms with E-state index in [2.05, 4.69) is 15.6 Å². The first-order chi connectivity index (χ1) is 11.7. The molecule has 2 unspecified atom stereocenters. The van der Waals surface area contributed by atoms with Gasteiger partial charge in [-0.3, -0.25) is 0 Å². The minimum atomic E-state index is -0.261. The van der Waals surface area contributed by atoms with E-state index in [0.29, 0.717) is 11.3 Å². The molecule has 126 valence electrons. The van der Waals surface area contributed by atoms with Gasteiger partial charge in [0.05, 0.1) is 30.4 Å². The van der Waals surface area contributed by atoms with E-state index >= 15 is 0 Å². The minimum absolute atomic E-state index is 0.109. The molecule has 2 atom stereocenters. The van der Waals surface area contributed by atoms with Gasteiger partial charge >= 0.3 is 0 Å². The van der Waals surface area contributed by atoms with Crippen LogP contribution in [0.1, 0.15) is 56.6 Å². The fraction of sp³-hybridized carbons (Fsp3) is 0.550. The van der Waals surface area contributed by atoms with E-state index in [1.54, 1.807) is 0 Å². The molecule has 0 radical (unpaired) electrons. The Balaban J connectivity index is 1.39. The quantitative estimate of drug-likeness (QED) is 0.867. The Hall–Kier alpha value is -1.32. The molecule has 1 aromatic carbocycles. The Labute approximate surface area is 147 Å². The molecule has 24 heavy (non-hydrogen) atoms. The number of aliphatic hydroxyl groups is 1. The van der Waals surface area contributed by atoms with Crippen molar-refractivity contribution in [2.45, 2.75) is 57.1 Å². The van der Waals surface area contributed by atoms with Crippen LogP contribution >= 0.6 is 11.6 Å². The van der Waals surface area contributed by atoms with E-state index < -0.39 is 0 Å². The van der Waals surface area contributed by atoms with Crippen LogP contribution in [0.5, 0.6) is 0 Å². The average molecular weight is 343 g/mol. The standard InChI is InChI=1S/C20H23ClN2O/c21-15-3-1-2-14-17-11-22-12-23(17)16(19(14)15)10-18(24)13-4-6-20(7-5-13)8-9-20/h1-3,11-13,16,18,24H,4-10H2. The van der Waals surface area contributed by atoms with Gasteiger partial charge in [0.25, 0.3) is 0 Å². The third kappa shape index (κ3) is 2.25. The van der Waals surface area contributed by atoms with Gasteiger partial charge in [0.1, 0.15) is 0 Å². The number of halogens is 1. The molecule has 1 aliphatic heterocycles. The van der Waals surface area contributed by atoms with Gasteiger partial charge in [-0.15, -0.1) is 0 Å². The molecule has 1 aromatic heterocycles. The molecular weight excluding hydrogens is 320 g/mol. The predicted octanol–water partition coefficient (Wildman–Crippen LogP) is 4.83. The highest BCUT2D eigenvalue weighted by atomic mass is 35.5. The lowest BCUT2D eigenvalue weighted by atomic mass is 9.76. The summed E-state index contributed by atoms with van der Waals surface area (Å²) < 4.78 is 2.19. The second kappa shape index (κ2) is 5.34. The number of benzene rings is 1. The molecule has 0 saturated heterocycles. The van der Waals surface area contributed by atoms with Crippen molar-refractivity contribution in [2.24, 2.45) is 11.3 Å². The number of aromatic nitrogens is 2. The fourth-order valence-corrected chi connectivity index (χ4v) is 5.27. The predicted molar refractivity (Wildman–Crippen MR) is 95.1 cm³/mol. The third-order valence-electron chi connectivity index (χ3n) is 6.72. The second-order valence-corrected chi connectivity index (χ2v) is 8.45. The molecule has 3 nitrogen and oxygen atoms in total. The van der Waals surface area contributed by atoms with E-state index in [9.17, 15) is 5.11 Å². The molecule has 1 N–H and O–H groups in total. The molecular formula is C20H23ClN2O. The van der Waals surface area contributed by atoms with Crippen LogP contribution in [0, 0.1) is 11.3 Å². The van der Waals surface area contributed by atoms with E-state index in [4.69, 9.17) is 11.6 Å². The van der Waals surface area contributed by atoms with Crippen LogP contribution in [0.2, 0.25) is 5.02 Å². The van der Waals surface area contributed by atoms with Crippen molar-refractivity contribution < 1.29 is 5.11 Å². The van der Waals surface area contributed by atoms with Crippen molar-refractivity contribution >= 4 is 11.6 Å². The van der Waals surface area contributed by atoms with Gasteiger partial charge in [-0.1, -0.05) is 23.7 Å². The first kappa shape index (κ1) is 15.0. The first-order valence-electron chi connectivity index (χ1n) is 9.16. The minimum Gasteiger partial charge on any atom is -0.393 e. The second-order valence-electron chi connectivity index (χ2n) is 8.04. The number of rotatable bonds is 3. The lowest BCUT2D eigenvalue weighted by molar-refractivity contribution is 0.0559. The Bertz CT molecular complexity index is 770. The van der Waals surface area contributed by atoms with Crippen LogP contribution < -0.4 is 0 Å². The first-order valence-corrected chi connectivity index (χ1v) is 9.53. The summed E-state index contributed by atoms with van der Waals surface area (Å²) in [7, 11) is 0. The molecule has 2 aromatic rings. The largest absolute Gasteiger partial charge is 0.393 e. The summed E-state index contributed by atoms with van der Waals surface area (Å²) in [6.07, 6.45) is 12.1. The van der Waals surface area contributed by atoms with E-state index in [-0.39, 0.29) is 12.1 Å². The lowest BCUT2D eigenvalue weighted by Crippen LogP contribution is -2.28. The molecule has 4 heteroatoms. The molecule has 2 heterocycles. The average Bonchev–Trinajstić information content (AvgIpc) is 3.06. The van der Waals surface area contributed by atoms with Gasteiger partial charge in [-0.05, 0) is 62.3 Å². The van der Waals surface area contributed by atoms with Crippen molar-refractivity contribution in [3.05, 3.63) is 41.3 Å². The molecule has 5 rings (SSSR count). The Morgan fingerprint density at radius 3 is 2.79 bits per heavy atom. The Morgan fingerprint density at radius 2 is 2.04 bits per heavy atom. The normalized spacial score (nSPS) is 25.5. The highest BCUT2D eigenvalue weighted by molar-refractivity contribution is 6.32. The summed E-state index contributed by atoms with van der Waals surface area (Å²) in [5, 5.41) is 11.7. The Kier molecular flexibility index (Phi) is 3.33. The van der Waals surface area contributed by atoms with Gasteiger partial charge in [0.15, 0.2) is 0 Å². The van der Waals surface area contributed by atoms with Gasteiger partial charge in [0.2, 0.25) is 0 Å².